The van der Waals surface area contributed by atoms with Gasteiger partial charge in [-0.25, -0.2) is 0 Å². The summed E-state index contributed by atoms with van der Waals surface area (Å²) in [6, 6.07) is 3.27. The lowest BCUT2D eigenvalue weighted by Crippen LogP contribution is -2.15. The smallest absolute Gasteiger partial charge is 0.322 e. The Kier molecular flexibility index (Phi) is 3.46. The van der Waals surface area contributed by atoms with E-state index in [9.17, 15) is 4.79 Å². The zero-order chi connectivity index (χ0) is 13.0. The largest absolute Gasteiger partial charge is 0.408 e. The number of amides is 1. The number of hydrogen-bond acceptors (Lipinski definition) is 7. The van der Waals surface area contributed by atoms with E-state index in [1.807, 2.05) is 6.92 Å². The van der Waals surface area contributed by atoms with Crippen LogP contribution >= 0.6 is 0 Å². The third kappa shape index (κ3) is 2.78. The fourth-order valence-corrected chi connectivity index (χ4v) is 1.24. The predicted octanol–water partition coefficient (Wildman–Crippen LogP) is 0.852. The fourth-order valence-electron chi connectivity index (χ4n) is 1.24. The number of aromatic nitrogens is 4. The molecule has 0 spiro atoms. The molecular weight excluding hydrogens is 236 g/mol. The topological polar surface area (TPSA) is 106 Å². The minimum atomic E-state index is -0.450. The average Bonchev–Trinajstić information content (AvgIpc) is 2.76. The molecule has 2 heterocycles. The SMILES string of the molecule is CCNc1ccc(C(=O)Nc2nnc(C)o2)nn1. The van der Waals surface area contributed by atoms with Gasteiger partial charge in [0, 0.05) is 13.5 Å². The molecule has 18 heavy (non-hydrogen) atoms. The van der Waals surface area contributed by atoms with Crippen LogP contribution in [0.4, 0.5) is 11.8 Å². The molecule has 0 aliphatic heterocycles. The number of aryl methyl sites for hydroxylation is 1. The zero-order valence-corrected chi connectivity index (χ0v) is 9.97. The molecule has 0 radical (unpaired) electrons. The molecule has 0 bridgehead atoms. The minimum absolute atomic E-state index is 0.0371. The number of rotatable bonds is 4. The lowest BCUT2D eigenvalue weighted by atomic mass is 10.3. The van der Waals surface area contributed by atoms with E-state index in [0.29, 0.717) is 11.7 Å². The Labute approximate surface area is 103 Å². The molecule has 2 aromatic rings. The Hall–Kier alpha value is -2.51. The van der Waals surface area contributed by atoms with Crippen LogP contribution < -0.4 is 10.6 Å². The first kappa shape index (κ1) is 12.0. The van der Waals surface area contributed by atoms with Crippen LogP contribution in [-0.4, -0.2) is 32.8 Å². The van der Waals surface area contributed by atoms with Crippen LogP contribution in [0, 0.1) is 6.92 Å². The van der Waals surface area contributed by atoms with Crippen molar-refractivity contribution in [3.8, 4) is 0 Å². The number of carbonyl (C=O) groups excluding carboxylic acids is 1. The Bertz CT molecular complexity index is 536. The van der Waals surface area contributed by atoms with Gasteiger partial charge in [-0.2, -0.15) is 0 Å². The molecule has 94 valence electrons. The lowest BCUT2D eigenvalue weighted by Gasteiger charge is -2.02. The van der Waals surface area contributed by atoms with Crippen LogP contribution in [0.25, 0.3) is 0 Å². The molecule has 0 aromatic carbocycles. The highest BCUT2D eigenvalue weighted by atomic mass is 16.4. The van der Waals surface area contributed by atoms with Crippen molar-refractivity contribution in [1.29, 1.82) is 0 Å². The van der Waals surface area contributed by atoms with Crippen LogP contribution in [0.2, 0.25) is 0 Å². The van der Waals surface area contributed by atoms with Gasteiger partial charge in [0.15, 0.2) is 5.69 Å². The van der Waals surface area contributed by atoms with E-state index in [0.717, 1.165) is 6.54 Å². The Morgan fingerprint density at radius 2 is 2.11 bits per heavy atom. The summed E-state index contributed by atoms with van der Waals surface area (Å²) >= 11 is 0. The summed E-state index contributed by atoms with van der Waals surface area (Å²) in [6.07, 6.45) is 0. The molecular formula is C10H12N6O2. The highest BCUT2D eigenvalue weighted by Gasteiger charge is 2.12. The van der Waals surface area contributed by atoms with Crippen molar-refractivity contribution < 1.29 is 9.21 Å². The Morgan fingerprint density at radius 3 is 2.67 bits per heavy atom. The standard InChI is InChI=1S/C10H12N6O2/c1-3-11-8-5-4-7(14-15-8)9(17)12-10-16-13-6(2)18-10/h4-5H,3H2,1-2H3,(H,11,15)(H,12,16,17). The van der Waals surface area contributed by atoms with E-state index in [-0.39, 0.29) is 11.7 Å². The van der Waals surface area contributed by atoms with Crippen LogP contribution in [0.1, 0.15) is 23.3 Å². The van der Waals surface area contributed by atoms with Crippen molar-refractivity contribution in [2.45, 2.75) is 13.8 Å². The predicted molar refractivity (Wildman–Crippen MR) is 63.2 cm³/mol. The maximum atomic E-state index is 11.7. The number of nitrogens with zero attached hydrogens (tertiary/aromatic N) is 4. The highest BCUT2D eigenvalue weighted by molar-refractivity contribution is 6.01. The summed E-state index contributed by atoms with van der Waals surface area (Å²) in [7, 11) is 0. The van der Waals surface area contributed by atoms with Gasteiger partial charge in [-0.15, -0.1) is 15.3 Å². The average molecular weight is 248 g/mol. The van der Waals surface area contributed by atoms with Gasteiger partial charge in [0.1, 0.15) is 5.82 Å². The molecule has 2 N–H and O–H groups in total. The maximum Gasteiger partial charge on any atom is 0.322 e. The lowest BCUT2D eigenvalue weighted by molar-refractivity contribution is 0.101. The molecule has 2 aromatic heterocycles. The second kappa shape index (κ2) is 5.21. The first-order valence-electron chi connectivity index (χ1n) is 5.38. The molecule has 8 nitrogen and oxygen atoms in total. The van der Waals surface area contributed by atoms with E-state index in [2.05, 4.69) is 31.0 Å². The summed E-state index contributed by atoms with van der Waals surface area (Å²) in [4.78, 5) is 11.7. The quantitative estimate of drug-likeness (QED) is 0.826. The van der Waals surface area contributed by atoms with Gasteiger partial charge in [0.25, 0.3) is 5.91 Å². The van der Waals surface area contributed by atoms with Gasteiger partial charge in [-0.1, -0.05) is 5.10 Å². The van der Waals surface area contributed by atoms with Crippen molar-refractivity contribution in [3.63, 3.8) is 0 Å². The first-order valence-corrected chi connectivity index (χ1v) is 5.38. The monoisotopic (exact) mass is 248 g/mol. The molecule has 0 saturated heterocycles. The van der Waals surface area contributed by atoms with E-state index in [1.165, 1.54) is 0 Å². The van der Waals surface area contributed by atoms with E-state index in [1.54, 1.807) is 19.1 Å². The number of anilines is 2. The van der Waals surface area contributed by atoms with E-state index >= 15 is 0 Å². The van der Waals surface area contributed by atoms with Gasteiger partial charge in [-0.3, -0.25) is 10.1 Å². The summed E-state index contributed by atoms with van der Waals surface area (Å²) in [5.74, 6) is 0.538. The second-order valence-electron chi connectivity index (χ2n) is 3.41. The summed E-state index contributed by atoms with van der Waals surface area (Å²) in [5, 5.41) is 20.3. The van der Waals surface area contributed by atoms with Crippen molar-refractivity contribution in [2.24, 2.45) is 0 Å². The van der Waals surface area contributed by atoms with Crippen molar-refractivity contribution in [1.82, 2.24) is 20.4 Å². The highest BCUT2D eigenvalue weighted by Crippen LogP contribution is 2.07. The molecule has 0 aliphatic carbocycles. The van der Waals surface area contributed by atoms with Crippen molar-refractivity contribution in [2.75, 3.05) is 17.2 Å². The maximum absolute atomic E-state index is 11.7. The van der Waals surface area contributed by atoms with Gasteiger partial charge < -0.3 is 9.73 Å². The molecule has 8 heteroatoms. The van der Waals surface area contributed by atoms with Gasteiger partial charge in [0.05, 0.1) is 0 Å². The van der Waals surface area contributed by atoms with Crippen LogP contribution in [0.3, 0.4) is 0 Å². The summed E-state index contributed by atoms with van der Waals surface area (Å²) in [6.45, 7) is 4.31. The van der Waals surface area contributed by atoms with Crippen LogP contribution in [0.5, 0.6) is 0 Å². The van der Waals surface area contributed by atoms with Crippen molar-refractivity contribution >= 4 is 17.7 Å². The van der Waals surface area contributed by atoms with Gasteiger partial charge >= 0.3 is 6.01 Å². The number of nitrogens with one attached hydrogen (secondary N) is 2. The minimum Gasteiger partial charge on any atom is -0.408 e. The molecule has 0 fully saturated rings. The van der Waals surface area contributed by atoms with E-state index in [4.69, 9.17) is 4.42 Å². The van der Waals surface area contributed by atoms with Crippen LogP contribution in [-0.2, 0) is 0 Å². The zero-order valence-electron chi connectivity index (χ0n) is 9.97. The third-order valence-electron chi connectivity index (χ3n) is 2.00. The molecule has 0 atom stereocenters. The number of hydrogen-bond donors (Lipinski definition) is 2. The molecule has 2 rings (SSSR count). The Balaban J connectivity index is 2.04. The van der Waals surface area contributed by atoms with Gasteiger partial charge in [-0.05, 0) is 19.1 Å². The summed E-state index contributed by atoms with van der Waals surface area (Å²) in [5.41, 5.74) is 0.174. The summed E-state index contributed by atoms with van der Waals surface area (Å²) < 4.78 is 5.02. The third-order valence-corrected chi connectivity index (χ3v) is 2.00. The van der Waals surface area contributed by atoms with Gasteiger partial charge in [0.2, 0.25) is 5.89 Å². The fraction of sp³-hybridized carbons (Fsp3) is 0.300. The van der Waals surface area contributed by atoms with E-state index < -0.39 is 5.91 Å². The normalized spacial score (nSPS) is 10.1. The van der Waals surface area contributed by atoms with Crippen LogP contribution in [0.15, 0.2) is 16.5 Å². The first-order chi connectivity index (χ1) is 8.69. The van der Waals surface area contributed by atoms with Crippen molar-refractivity contribution in [3.05, 3.63) is 23.7 Å². The molecule has 1 amide bonds. The molecule has 0 unspecified atom stereocenters. The second-order valence-corrected chi connectivity index (χ2v) is 3.41. The molecule has 0 saturated carbocycles. The Morgan fingerprint density at radius 1 is 1.28 bits per heavy atom. The molecule has 0 aliphatic rings. The number of carbonyl (C=O) groups is 1.